The van der Waals surface area contributed by atoms with Crippen LogP contribution in [0.3, 0.4) is 0 Å². The van der Waals surface area contributed by atoms with Gasteiger partial charge in [-0.15, -0.1) is 0 Å². The molecule has 5 rings (SSSR count). The summed E-state index contributed by atoms with van der Waals surface area (Å²) < 4.78 is 5.75. The van der Waals surface area contributed by atoms with Gasteiger partial charge in [-0.25, -0.2) is 0 Å². The second-order valence-electron chi connectivity index (χ2n) is 16.0. The van der Waals surface area contributed by atoms with Crippen LogP contribution in [0.4, 0.5) is 0 Å². The van der Waals surface area contributed by atoms with E-state index in [-0.39, 0.29) is 41.1 Å². The van der Waals surface area contributed by atoms with Gasteiger partial charge >= 0.3 is 255 Å². The summed E-state index contributed by atoms with van der Waals surface area (Å²) in [5.41, 5.74) is 13.2. The fourth-order valence-electron chi connectivity index (χ4n) is 7.47. The Morgan fingerprint density at radius 3 is 1.88 bits per heavy atom. The third-order valence-electron chi connectivity index (χ3n) is 9.78. The van der Waals surface area contributed by atoms with E-state index in [2.05, 4.69) is 113 Å². The molecule has 1 atom stereocenters. The number of benzene rings is 2. The summed E-state index contributed by atoms with van der Waals surface area (Å²) in [6.45, 7) is 26.6. The summed E-state index contributed by atoms with van der Waals surface area (Å²) in [4.78, 5) is 0. The van der Waals surface area contributed by atoms with E-state index < -0.39 is 21.3 Å². The predicted molar refractivity (Wildman–Crippen MR) is 174 cm³/mol. The smallest absolute Gasteiger partial charge is 1.00 e. The minimum atomic E-state index is -2.37. The van der Waals surface area contributed by atoms with Crippen molar-refractivity contribution in [2.75, 3.05) is 0 Å². The molecule has 0 spiro atoms. The van der Waals surface area contributed by atoms with Gasteiger partial charge in [0.05, 0.1) is 0 Å². The molecule has 3 aliphatic rings. The molecule has 0 bridgehead atoms. The van der Waals surface area contributed by atoms with Crippen LogP contribution in [0.1, 0.15) is 137 Å². The Hall–Kier alpha value is -0.747. The minimum absolute atomic E-state index is 0. The second-order valence-corrected chi connectivity index (χ2v) is 22.2. The van der Waals surface area contributed by atoms with Crippen LogP contribution in [-0.2, 0) is 38.5 Å². The van der Waals surface area contributed by atoms with Crippen molar-refractivity contribution in [3.8, 4) is 11.1 Å². The Morgan fingerprint density at radius 2 is 1.33 bits per heavy atom. The summed E-state index contributed by atoms with van der Waals surface area (Å²) in [6, 6.07) is 12.7. The molecule has 0 aliphatic heterocycles. The zero-order valence-corrected chi connectivity index (χ0v) is 32.2. The van der Waals surface area contributed by atoms with Crippen molar-refractivity contribution in [2.45, 2.75) is 132 Å². The number of hydrogen-bond acceptors (Lipinski definition) is 0. The summed E-state index contributed by atoms with van der Waals surface area (Å²) in [6.07, 6.45) is 11.9. The van der Waals surface area contributed by atoms with Crippen molar-refractivity contribution in [1.29, 1.82) is 0 Å². The Balaban J connectivity index is 0.00000242. The molecular weight excluding hydrogens is 631 g/mol. The molecule has 0 aromatic heterocycles. The number of allylic oxidation sites excluding steroid dienone is 4. The van der Waals surface area contributed by atoms with Gasteiger partial charge in [-0.3, -0.25) is 0 Å². The maximum absolute atomic E-state index is 2.74. The van der Waals surface area contributed by atoms with Gasteiger partial charge in [0.25, 0.3) is 0 Å². The van der Waals surface area contributed by atoms with E-state index in [1.807, 2.05) is 9.76 Å². The molecule has 228 valence electrons. The molecule has 2 aromatic rings. The summed E-state index contributed by atoms with van der Waals surface area (Å²) in [7, 11) is 0. The molecule has 0 amide bonds. The fourth-order valence-corrected chi connectivity index (χ4v) is 17.0. The molecule has 0 nitrogen and oxygen atoms in total. The third-order valence-corrected chi connectivity index (χ3v) is 18.4. The van der Waals surface area contributed by atoms with Crippen LogP contribution in [0, 0.1) is 11.3 Å². The Kier molecular flexibility index (Phi) is 11.0. The predicted octanol–water partition coefficient (Wildman–Crippen LogP) is 4.53. The average molecular weight is 685 g/mol. The number of fused-ring (bicyclic) bond motifs is 3. The molecule has 0 saturated heterocycles. The summed E-state index contributed by atoms with van der Waals surface area (Å²) in [5.74, 6) is 0.582. The molecule has 1 saturated carbocycles. The van der Waals surface area contributed by atoms with Gasteiger partial charge < -0.3 is 24.8 Å². The topological polar surface area (TPSA) is 0 Å². The van der Waals surface area contributed by atoms with Crippen molar-refractivity contribution in [1.82, 2.24) is 0 Å². The summed E-state index contributed by atoms with van der Waals surface area (Å²) in [5, 5.41) is 0. The van der Waals surface area contributed by atoms with Crippen molar-refractivity contribution in [3.05, 3.63) is 73.1 Å². The fraction of sp³-hybridized carbons (Fsp3) is 0.564. The third kappa shape index (κ3) is 6.75. The molecule has 42 heavy (non-hydrogen) atoms. The van der Waals surface area contributed by atoms with E-state index in [1.165, 1.54) is 55.2 Å². The van der Waals surface area contributed by atoms with Crippen LogP contribution in [0.5, 0.6) is 0 Å². The van der Waals surface area contributed by atoms with Gasteiger partial charge in [-0.2, -0.15) is 0 Å². The normalized spacial score (nSPS) is 18.5. The maximum atomic E-state index is 2.74. The minimum Gasteiger partial charge on any atom is -1.00 e. The van der Waals surface area contributed by atoms with Crippen molar-refractivity contribution < 1.29 is 46.1 Å². The largest absolute Gasteiger partial charge is 1.00 e. The first-order valence-electron chi connectivity index (χ1n) is 16.1. The average Bonchev–Trinajstić information content (AvgIpc) is 3.41. The molecule has 3 heteroatoms. The Labute approximate surface area is 278 Å². The monoisotopic (exact) mass is 682 g/mol. The molecule has 1 fully saturated rings. The molecule has 0 heterocycles. The molecule has 0 N–H and O–H groups in total. The molecule has 1 unspecified atom stereocenters. The van der Waals surface area contributed by atoms with Gasteiger partial charge in [-0.05, 0) is 0 Å². The quantitative estimate of drug-likeness (QED) is 0.381. The van der Waals surface area contributed by atoms with Crippen molar-refractivity contribution in [2.24, 2.45) is 11.3 Å². The molecular formula is C39H54Cl2Zr. The Bertz CT molecular complexity index is 1420. The molecule has 0 radical (unpaired) electrons. The second kappa shape index (κ2) is 12.9. The molecule has 2 aromatic carbocycles. The van der Waals surface area contributed by atoms with Gasteiger partial charge in [0, 0.05) is 0 Å². The zero-order chi connectivity index (χ0) is 29.2. The number of hydrogen-bond donors (Lipinski definition) is 0. The van der Waals surface area contributed by atoms with Crippen LogP contribution < -0.4 is 28.1 Å². The van der Waals surface area contributed by atoms with Crippen molar-refractivity contribution >= 4 is 6.48 Å². The van der Waals surface area contributed by atoms with Gasteiger partial charge in [0.1, 0.15) is 0 Å². The van der Waals surface area contributed by atoms with E-state index >= 15 is 0 Å². The molecule has 3 aliphatic carbocycles. The van der Waals surface area contributed by atoms with Gasteiger partial charge in [-0.1, -0.05) is 0 Å². The van der Waals surface area contributed by atoms with Crippen LogP contribution in [0.2, 0.25) is 0 Å². The first-order chi connectivity index (χ1) is 18.6. The number of halogens is 2. The standard InChI is InChI=1S/C21H25.C12H19.C6H10.2ClH.Zr/c1-20(2,3)16-9-7-14-11-15-8-10-17(21(4,5)6)13-19(15)18(14)12-16;1-6-10-7-9(2)8-11(10)12(3,4)5;1-2-4-6-5-3-1;;;/h7,9-10,12-13H,11H2,1-6H3;8-9H,6H2,1-5H3;1-5H2;2*1H;/q;;;;;+2/p-2. The van der Waals surface area contributed by atoms with Gasteiger partial charge in [0.15, 0.2) is 0 Å². The van der Waals surface area contributed by atoms with Gasteiger partial charge in [0.2, 0.25) is 0 Å². The van der Waals surface area contributed by atoms with E-state index in [4.69, 9.17) is 0 Å². The van der Waals surface area contributed by atoms with E-state index in [0.717, 1.165) is 6.42 Å². The Morgan fingerprint density at radius 1 is 0.738 bits per heavy atom. The van der Waals surface area contributed by atoms with Crippen LogP contribution in [0.15, 0.2) is 50.8 Å². The summed E-state index contributed by atoms with van der Waals surface area (Å²) >= 11 is -2.37. The first kappa shape index (κ1) is 35.7. The van der Waals surface area contributed by atoms with Crippen LogP contribution >= 0.6 is 0 Å². The number of rotatable bonds is 3. The van der Waals surface area contributed by atoms with Crippen LogP contribution in [-0.4, -0.2) is 3.21 Å². The van der Waals surface area contributed by atoms with Crippen molar-refractivity contribution in [3.63, 3.8) is 0 Å². The SMILES string of the molecule is CCC1=[C]([Zr+2](=[C]2CCCCC2)[c]2cc(C(C)(C)C)cc3c2Cc2ccc(C(C)(C)C)cc2-3)C(C)C=C1C(C)(C)C.[Cl-].[Cl-]. The van der Waals surface area contributed by atoms with Crippen LogP contribution in [0.25, 0.3) is 11.1 Å². The van der Waals surface area contributed by atoms with E-state index in [0.29, 0.717) is 5.92 Å². The van der Waals surface area contributed by atoms with E-state index in [9.17, 15) is 0 Å². The zero-order valence-electron chi connectivity index (χ0n) is 28.2. The maximum Gasteiger partial charge on any atom is -1.00 e. The van der Waals surface area contributed by atoms with E-state index in [1.54, 1.807) is 27.8 Å². The first-order valence-corrected chi connectivity index (χ1v) is 19.8.